The summed E-state index contributed by atoms with van der Waals surface area (Å²) in [6.45, 7) is 1.91. The zero-order chi connectivity index (χ0) is 11.0. The number of rotatable bonds is 2. The quantitative estimate of drug-likeness (QED) is 0.579. The van der Waals surface area contributed by atoms with Crippen LogP contribution in [0.4, 0.5) is 0 Å². The van der Waals surface area contributed by atoms with Crippen LogP contribution in [-0.2, 0) is 6.42 Å². The topological polar surface area (TPSA) is 80.4 Å². The Morgan fingerprint density at radius 2 is 2.33 bits per heavy atom. The average Bonchev–Trinajstić information content (AvgIpc) is 2.61. The van der Waals surface area contributed by atoms with Gasteiger partial charge in [0, 0.05) is 12.5 Å². The lowest BCUT2D eigenvalue weighted by Gasteiger charge is -1.97. The van der Waals surface area contributed by atoms with Gasteiger partial charge in [-0.15, -0.1) is 17.7 Å². The molecule has 0 bridgehead atoms. The fraction of sp³-hybridized carbons (Fsp3) is 0.250. The molecule has 2 aromatic rings. The lowest BCUT2D eigenvalue weighted by Crippen LogP contribution is -2.04. The molecule has 7 heteroatoms. The molecule has 78 valence electrons. The van der Waals surface area contributed by atoms with Crippen LogP contribution in [0.3, 0.4) is 0 Å². The van der Waals surface area contributed by atoms with Crippen molar-refractivity contribution in [2.75, 3.05) is 0 Å². The van der Waals surface area contributed by atoms with Crippen molar-refractivity contribution in [3.05, 3.63) is 17.6 Å². The van der Waals surface area contributed by atoms with E-state index in [0.29, 0.717) is 17.3 Å². The number of hydrogen-bond acceptors (Lipinski definition) is 5. The zero-order valence-electron chi connectivity index (χ0n) is 7.88. The van der Waals surface area contributed by atoms with E-state index in [1.54, 1.807) is 0 Å². The Morgan fingerprint density at radius 3 is 2.93 bits per heavy atom. The molecule has 15 heavy (non-hydrogen) atoms. The van der Waals surface area contributed by atoms with E-state index in [2.05, 4.69) is 27.7 Å². The third-order valence-corrected chi connectivity index (χ3v) is 2.19. The minimum absolute atomic E-state index is 0.0810. The number of carbonyl (C=O) groups is 1. The molecule has 0 aliphatic carbocycles. The van der Waals surface area contributed by atoms with Crippen molar-refractivity contribution in [1.29, 1.82) is 0 Å². The Balaban J connectivity index is 2.70. The van der Waals surface area contributed by atoms with E-state index in [0.717, 1.165) is 0 Å². The second-order valence-corrected chi connectivity index (χ2v) is 3.36. The van der Waals surface area contributed by atoms with E-state index in [4.69, 9.17) is 5.11 Å². The molecule has 0 spiro atoms. The smallest absolute Gasteiger partial charge is 0.354 e. The Bertz CT molecular complexity index is 537. The zero-order valence-corrected chi connectivity index (χ0v) is 8.77. The molecular formula is C8H8N4O2S. The molecule has 0 saturated carbocycles. The van der Waals surface area contributed by atoms with Gasteiger partial charge in [0.15, 0.2) is 11.5 Å². The van der Waals surface area contributed by atoms with Crippen LogP contribution in [0.2, 0.25) is 0 Å². The molecule has 2 rings (SSSR count). The molecule has 2 aromatic heterocycles. The Labute approximate surface area is 90.4 Å². The van der Waals surface area contributed by atoms with Crippen LogP contribution >= 0.6 is 12.6 Å². The maximum atomic E-state index is 10.7. The molecule has 6 nitrogen and oxygen atoms in total. The number of nitrogens with zero attached hydrogens (tertiary/aromatic N) is 4. The summed E-state index contributed by atoms with van der Waals surface area (Å²) in [5.74, 6) is -0.231. The van der Waals surface area contributed by atoms with Crippen molar-refractivity contribution in [2.24, 2.45) is 0 Å². The molecule has 2 heterocycles. The van der Waals surface area contributed by atoms with Gasteiger partial charge in [-0.05, 0) is 0 Å². The lowest BCUT2D eigenvalue weighted by atomic mass is 10.4. The van der Waals surface area contributed by atoms with Crippen molar-refractivity contribution in [1.82, 2.24) is 19.6 Å². The van der Waals surface area contributed by atoms with Crippen LogP contribution in [-0.4, -0.2) is 30.7 Å². The van der Waals surface area contributed by atoms with Gasteiger partial charge >= 0.3 is 5.97 Å². The van der Waals surface area contributed by atoms with Gasteiger partial charge in [0.05, 0.1) is 0 Å². The Kier molecular flexibility index (Phi) is 2.31. The number of carboxylic acids is 1. The number of fused-ring (bicyclic) bond motifs is 1. The van der Waals surface area contributed by atoms with Crippen molar-refractivity contribution in [2.45, 2.75) is 18.4 Å². The molecular weight excluding hydrogens is 216 g/mol. The van der Waals surface area contributed by atoms with E-state index in [-0.39, 0.29) is 11.5 Å². The van der Waals surface area contributed by atoms with Crippen molar-refractivity contribution in [3.63, 3.8) is 0 Å². The van der Waals surface area contributed by atoms with E-state index >= 15 is 0 Å². The molecule has 0 amide bonds. The number of aromatic carboxylic acids is 1. The average molecular weight is 224 g/mol. The summed E-state index contributed by atoms with van der Waals surface area (Å²) in [4.78, 5) is 18.6. The number of carboxylic acid groups (broad SMARTS) is 1. The predicted molar refractivity (Wildman–Crippen MR) is 54.4 cm³/mol. The van der Waals surface area contributed by atoms with Gasteiger partial charge in [-0.3, -0.25) is 0 Å². The van der Waals surface area contributed by atoms with Gasteiger partial charge in [0.2, 0.25) is 0 Å². The maximum absolute atomic E-state index is 10.7. The number of aromatic nitrogens is 4. The fourth-order valence-electron chi connectivity index (χ4n) is 1.15. The lowest BCUT2D eigenvalue weighted by molar-refractivity contribution is 0.0690. The van der Waals surface area contributed by atoms with Crippen LogP contribution in [0.25, 0.3) is 5.78 Å². The predicted octanol–water partition coefficient (Wildman–Crippen LogP) is 0.674. The first-order valence-corrected chi connectivity index (χ1v) is 4.75. The van der Waals surface area contributed by atoms with Crippen LogP contribution in [0.15, 0.2) is 11.1 Å². The van der Waals surface area contributed by atoms with E-state index in [1.165, 1.54) is 10.6 Å². The molecule has 0 aromatic carbocycles. The standard InChI is InChI=1S/C8H8N4O2S/c1-2-5-10-8-9-4(7(13)14)3-6(15)12(8)11-5/h3,15H,2H2,1H3,(H,13,14). The number of hydrogen-bond donors (Lipinski definition) is 2. The highest BCUT2D eigenvalue weighted by Crippen LogP contribution is 2.10. The third-order valence-electron chi connectivity index (χ3n) is 1.87. The van der Waals surface area contributed by atoms with Gasteiger partial charge in [-0.1, -0.05) is 6.92 Å². The monoisotopic (exact) mass is 224 g/mol. The van der Waals surface area contributed by atoms with Crippen LogP contribution < -0.4 is 0 Å². The van der Waals surface area contributed by atoms with Gasteiger partial charge in [0.25, 0.3) is 5.78 Å². The SMILES string of the molecule is CCc1nc2nc(C(=O)O)cc(S)n2n1. The molecule has 1 N–H and O–H groups in total. The molecule has 0 aliphatic heterocycles. The van der Waals surface area contributed by atoms with Gasteiger partial charge in [-0.2, -0.15) is 9.50 Å². The second-order valence-electron chi connectivity index (χ2n) is 2.90. The minimum Gasteiger partial charge on any atom is -0.477 e. The first kappa shape index (κ1) is 9.91. The summed E-state index contributed by atoms with van der Waals surface area (Å²) in [6.07, 6.45) is 0.666. The first-order valence-electron chi connectivity index (χ1n) is 4.30. The third kappa shape index (κ3) is 1.65. The second kappa shape index (κ2) is 3.50. The van der Waals surface area contributed by atoms with E-state index in [1.807, 2.05) is 6.92 Å². The fourth-order valence-corrected chi connectivity index (χ4v) is 1.41. The Hall–Kier alpha value is -1.63. The summed E-state index contributed by atoms with van der Waals surface area (Å²) >= 11 is 4.12. The summed E-state index contributed by atoms with van der Waals surface area (Å²) < 4.78 is 1.41. The number of aryl methyl sites for hydroxylation is 1. The Morgan fingerprint density at radius 1 is 1.60 bits per heavy atom. The normalized spacial score (nSPS) is 10.8. The van der Waals surface area contributed by atoms with E-state index in [9.17, 15) is 4.79 Å². The van der Waals surface area contributed by atoms with Gasteiger partial charge in [-0.25, -0.2) is 9.78 Å². The highest BCUT2D eigenvalue weighted by molar-refractivity contribution is 7.80. The van der Waals surface area contributed by atoms with Gasteiger partial charge < -0.3 is 5.11 Å². The van der Waals surface area contributed by atoms with Crippen LogP contribution in [0.1, 0.15) is 23.2 Å². The van der Waals surface area contributed by atoms with E-state index < -0.39 is 5.97 Å². The molecule has 0 unspecified atom stereocenters. The van der Waals surface area contributed by atoms with Crippen LogP contribution in [0.5, 0.6) is 0 Å². The summed E-state index contributed by atoms with van der Waals surface area (Å²) in [5.41, 5.74) is -0.0810. The summed E-state index contributed by atoms with van der Waals surface area (Å²) in [5, 5.41) is 13.3. The number of thiol groups is 1. The highest BCUT2D eigenvalue weighted by atomic mass is 32.1. The summed E-state index contributed by atoms with van der Waals surface area (Å²) in [6, 6.07) is 1.34. The molecule has 0 aliphatic rings. The van der Waals surface area contributed by atoms with Crippen molar-refractivity contribution in [3.8, 4) is 0 Å². The maximum Gasteiger partial charge on any atom is 0.354 e. The summed E-state index contributed by atoms with van der Waals surface area (Å²) in [7, 11) is 0. The van der Waals surface area contributed by atoms with Gasteiger partial charge in [0.1, 0.15) is 5.03 Å². The molecule has 0 atom stereocenters. The van der Waals surface area contributed by atoms with Crippen LogP contribution in [0, 0.1) is 0 Å². The largest absolute Gasteiger partial charge is 0.477 e. The molecule has 0 saturated heterocycles. The van der Waals surface area contributed by atoms with Crippen molar-refractivity contribution < 1.29 is 9.90 Å². The highest BCUT2D eigenvalue weighted by Gasteiger charge is 2.11. The van der Waals surface area contributed by atoms with Crippen molar-refractivity contribution >= 4 is 24.4 Å². The minimum atomic E-state index is -1.10. The molecule has 0 radical (unpaired) electrons. The molecule has 0 fully saturated rings. The first-order chi connectivity index (χ1) is 7.11.